The molecule has 1 fully saturated rings. The van der Waals surface area contributed by atoms with Gasteiger partial charge in [0.1, 0.15) is 18.1 Å². The zero-order valence-corrected chi connectivity index (χ0v) is 15.7. The molecule has 1 unspecified atom stereocenters. The summed E-state index contributed by atoms with van der Waals surface area (Å²) >= 11 is 0. The standard InChI is InChI=1S/C19H30N4O3/c1-3-21-19(23-10-5-6-15(14-23)12-18(20)24)22-9-11-26-17-8-4-7-16(13-17)25-2/h4,7-8,13,15H,3,5-6,9-12,14H2,1-2H3,(H2,20,24)(H,21,22). The first kappa shape index (κ1) is 19.9. The van der Waals surface area contributed by atoms with Crippen molar-refractivity contribution in [2.75, 3.05) is 39.9 Å². The molecular weight excluding hydrogens is 332 g/mol. The summed E-state index contributed by atoms with van der Waals surface area (Å²) in [5.74, 6) is 2.48. The lowest BCUT2D eigenvalue weighted by molar-refractivity contribution is -0.119. The van der Waals surface area contributed by atoms with Crippen molar-refractivity contribution < 1.29 is 14.3 Å². The van der Waals surface area contributed by atoms with E-state index in [2.05, 4.69) is 15.2 Å². The van der Waals surface area contributed by atoms with Crippen molar-refractivity contribution in [2.24, 2.45) is 16.6 Å². The average molecular weight is 362 g/mol. The molecule has 1 atom stereocenters. The Bertz CT molecular complexity index is 606. The molecule has 0 aliphatic carbocycles. The molecule has 1 aliphatic rings. The number of methoxy groups -OCH3 is 1. The van der Waals surface area contributed by atoms with Gasteiger partial charge in [0.25, 0.3) is 0 Å². The lowest BCUT2D eigenvalue weighted by atomic mass is 9.95. The second-order valence-corrected chi connectivity index (χ2v) is 6.39. The number of nitrogens with one attached hydrogen (secondary N) is 1. The van der Waals surface area contributed by atoms with Crippen LogP contribution in [0.1, 0.15) is 26.2 Å². The van der Waals surface area contributed by atoms with E-state index in [1.807, 2.05) is 31.2 Å². The van der Waals surface area contributed by atoms with E-state index in [0.29, 0.717) is 25.5 Å². The van der Waals surface area contributed by atoms with Crippen LogP contribution in [0.4, 0.5) is 0 Å². The number of likely N-dealkylation sites (tertiary alicyclic amines) is 1. The number of hydrogen-bond acceptors (Lipinski definition) is 4. The number of guanidine groups is 1. The second kappa shape index (κ2) is 10.5. The third kappa shape index (κ3) is 6.46. The fraction of sp³-hybridized carbons (Fsp3) is 0.579. The molecule has 0 radical (unpaired) electrons. The molecule has 7 nitrogen and oxygen atoms in total. The van der Waals surface area contributed by atoms with Gasteiger partial charge in [0.15, 0.2) is 5.96 Å². The number of piperidine rings is 1. The van der Waals surface area contributed by atoms with Gasteiger partial charge in [-0.3, -0.25) is 4.79 Å². The highest BCUT2D eigenvalue weighted by Crippen LogP contribution is 2.20. The molecule has 1 aromatic rings. The fourth-order valence-corrected chi connectivity index (χ4v) is 3.14. The summed E-state index contributed by atoms with van der Waals surface area (Å²) < 4.78 is 10.9. The molecule has 0 saturated carbocycles. The molecule has 0 spiro atoms. The van der Waals surface area contributed by atoms with Crippen LogP contribution < -0.4 is 20.5 Å². The van der Waals surface area contributed by atoms with Gasteiger partial charge in [0.05, 0.1) is 13.7 Å². The molecule has 1 aliphatic heterocycles. The van der Waals surface area contributed by atoms with E-state index >= 15 is 0 Å². The Morgan fingerprint density at radius 2 is 2.23 bits per heavy atom. The van der Waals surface area contributed by atoms with Crippen LogP contribution >= 0.6 is 0 Å². The first-order valence-electron chi connectivity index (χ1n) is 9.20. The maximum atomic E-state index is 11.2. The number of carbonyl (C=O) groups excluding carboxylic acids is 1. The highest BCUT2D eigenvalue weighted by atomic mass is 16.5. The van der Waals surface area contributed by atoms with Crippen LogP contribution in [0.3, 0.4) is 0 Å². The van der Waals surface area contributed by atoms with Gasteiger partial charge < -0.3 is 25.4 Å². The normalized spacial score (nSPS) is 17.7. The Hall–Kier alpha value is -2.44. The van der Waals surface area contributed by atoms with Crippen molar-refractivity contribution in [1.82, 2.24) is 10.2 Å². The molecule has 3 N–H and O–H groups in total. The minimum Gasteiger partial charge on any atom is -0.497 e. The maximum Gasteiger partial charge on any atom is 0.217 e. The molecule has 0 aromatic heterocycles. The zero-order valence-electron chi connectivity index (χ0n) is 15.7. The summed E-state index contributed by atoms with van der Waals surface area (Å²) in [7, 11) is 1.64. The highest BCUT2D eigenvalue weighted by Gasteiger charge is 2.23. The van der Waals surface area contributed by atoms with E-state index in [1.165, 1.54) is 0 Å². The quantitative estimate of drug-likeness (QED) is 0.417. The van der Waals surface area contributed by atoms with E-state index in [4.69, 9.17) is 15.2 Å². The van der Waals surface area contributed by atoms with Crippen LogP contribution in [0.25, 0.3) is 0 Å². The number of ether oxygens (including phenoxy) is 2. The summed E-state index contributed by atoms with van der Waals surface area (Å²) in [6.45, 7) is 5.64. The van der Waals surface area contributed by atoms with E-state index in [-0.39, 0.29) is 5.91 Å². The zero-order chi connectivity index (χ0) is 18.8. The van der Waals surface area contributed by atoms with Crippen LogP contribution in [-0.4, -0.2) is 56.7 Å². The molecule has 2 rings (SSSR count). The molecule has 0 bridgehead atoms. The van der Waals surface area contributed by atoms with E-state index in [0.717, 1.165) is 49.9 Å². The first-order chi connectivity index (χ1) is 12.6. The molecule has 144 valence electrons. The van der Waals surface area contributed by atoms with Crippen molar-refractivity contribution in [1.29, 1.82) is 0 Å². The van der Waals surface area contributed by atoms with Gasteiger partial charge in [-0.25, -0.2) is 4.99 Å². The van der Waals surface area contributed by atoms with Crippen LogP contribution in [0.15, 0.2) is 29.3 Å². The number of benzene rings is 1. The van der Waals surface area contributed by atoms with E-state index in [1.54, 1.807) is 7.11 Å². The second-order valence-electron chi connectivity index (χ2n) is 6.39. The first-order valence-corrected chi connectivity index (χ1v) is 9.20. The summed E-state index contributed by atoms with van der Waals surface area (Å²) in [4.78, 5) is 18.1. The fourth-order valence-electron chi connectivity index (χ4n) is 3.14. The van der Waals surface area contributed by atoms with Gasteiger partial charge in [-0.05, 0) is 37.8 Å². The molecule has 1 amide bonds. The third-order valence-electron chi connectivity index (χ3n) is 4.31. The Morgan fingerprint density at radius 1 is 1.42 bits per heavy atom. The predicted molar refractivity (Wildman–Crippen MR) is 103 cm³/mol. The van der Waals surface area contributed by atoms with Crippen LogP contribution in [0, 0.1) is 5.92 Å². The predicted octanol–water partition coefficient (Wildman–Crippen LogP) is 1.63. The van der Waals surface area contributed by atoms with Crippen molar-refractivity contribution in [3.63, 3.8) is 0 Å². The minimum atomic E-state index is -0.231. The number of rotatable bonds is 8. The van der Waals surface area contributed by atoms with Crippen LogP contribution in [0.5, 0.6) is 11.5 Å². The third-order valence-corrected chi connectivity index (χ3v) is 4.31. The number of carbonyl (C=O) groups is 1. The van der Waals surface area contributed by atoms with Gasteiger partial charge in [0, 0.05) is 32.1 Å². The maximum absolute atomic E-state index is 11.2. The molecular formula is C19H30N4O3. The Kier molecular flexibility index (Phi) is 8.05. The molecule has 1 heterocycles. The van der Waals surface area contributed by atoms with Crippen LogP contribution in [-0.2, 0) is 4.79 Å². The summed E-state index contributed by atoms with van der Waals surface area (Å²) in [5, 5.41) is 3.33. The summed E-state index contributed by atoms with van der Waals surface area (Å²) in [5.41, 5.74) is 5.35. The van der Waals surface area contributed by atoms with E-state index < -0.39 is 0 Å². The van der Waals surface area contributed by atoms with Gasteiger partial charge >= 0.3 is 0 Å². The number of aliphatic imine (C=N–C) groups is 1. The Morgan fingerprint density at radius 3 is 2.96 bits per heavy atom. The number of hydrogen-bond donors (Lipinski definition) is 2. The average Bonchev–Trinajstić information content (AvgIpc) is 2.64. The van der Waals surface area contributed by atoms with Gasteiger partial charge in [-0.15, -0.1) is 0 Å². The number of primary amides is 1. The molecule has 7 heteroatoms. The Labute approximate surface area is 155 Å². The lowest BCUT2D eigenvalue weighted by Gasteiger charge is -2.34. The monoisotopic (exact) mass is 362 g/mol. The molecule has 1 aromatic carbocycles. The van der Waals surface area contributed by atoms with Crippen molar-refractivity contribution >= 4 is 11.9 Å². The Balaban J connectivity index is 1.88. The minimum absolute atomic E-state index is 0.231. The SMILES string of the molecule is CCNC(=NCCOc1cccc(OC)c1)N1CCCC(CC(N)=O)C1. The van der Waals surface area contributed by atoms with Crippen molar-refractivity contribution in [2.45, 2.75) is 26.2 Å². The van der Waals surface area contributed by atoms with Crippen molar-refractivity contribution in [3.05, 3.63) is 24.3 Å². The molecule has 1 saturated heterocycles. The van der Waals surface area contributed by atoms with Crippen LogP contribution in [0.2, 0.25) is 0 Å². The van der Waals surface area contributed by atoms with Crippen molar-refractivity contribution in [3.8, 4) is 11.5 Å². The summed E-state index contributed by atoms with van der Waals surface area (Å²) in [6.07, 6.45) is 2.52. The smallest absolute Gasteiger partial charge is 0.217 e. The highest BCUT2D eigenvalue weighted by molar-refractivity contribution is 5.80. The summed E-state index contributed by atoms with van der Waals surface area (Å²) in [6, 6.07) is 7.53. The largest absolute Gasteiger partial charge is 0.497 e. The van der Waals surface area contributed by atoms with E-state index in [9.17, 15) is 4.79 Å². The lowest BCUT2D eigenvalue weighted by Crippen LogP contribution is -2.47. The van der Waals surface area contributed by atoms with Gasteiger partial charge in [-0.2, -0.15) is 0 Å². The van der Waals surface area contributed by atoms with Gasteiger partial charge in [-0.1, -0.05) is 6.07 Å². The van der Waals surface area contributed by atoms with Gasteiger partial charge in [0.2, 0.25) is 5.91 Å². The topological polar surface area (TPSA) is 89.2 Å². The number of amides is 1. The number of nitrogens with two attached hydrogens (primary N) is 1. The molecule has 26 heavy (non-hydrogen) atoms. The number of nitrogens with zero attached hydrogens (tertiary/aromatic N) is 2.